The van der Waals surface area contributed by atoms with Gasteiger partial charge in [0.1, 0.15) is 11.6 Å². The Balaban J connectivity index is 1.95. The molecule has 1 aromatic heterocycles. The van der Waals surface area contributed by atoms with Crippen LogP contribution in [0.1, 0.15) is 39.2 Å². The molecule has 0 bridgehead atoms. The van der Waals surface area contributed by atoms with Gasteiger partial charge in [-0.05, 0) is 106 Å². The monoisotopic (exact) mass is 397 g/mol. The van der Waals surface area contributed by atoms with Crippen LogP contribution in [0.25, 0.3) is 11.8 Å². The van der Waals surface area contributed by atoms with Crippen molar-refractivity contribution in [1.82, 2.24) is 4.57 Å². The van der Waals surface area contributed by atoms with Crippen LogP contribution in [-0.4, -0.2) is 10.5 Å². The molecule has 4 heteroatoms. The van der Waals surface area contributed by atoms with E-state index in [4.69, 9.17) is 0 Å². The fourth-order valence-electron chi connectivity index (χ4n) is 3.73. The van der Waals surface area contributed by atoms with Crippen molar-refractivity contribution in [3.63, 3.8) is 0 Å². The maximum atomic E-state index is 12.7. The minimum absolute atomic E-state index is 0.0777. The lowest BCUT2D eigenvalue weighted by atomic mass is 10.1. The number of hydrogen-bond donors (Lipinski definition) is 1. The van der Waals surface area contributed by atoms with Crippen molar-refractivity contribution in [2.24, 2.45) is 0 Å². The van der Waals surface area contributed by atoms with E-state index in [-0.39, 0.29) is 5.57 Å². The first-order chi connectivity index (χ1) is 14.2. The summed E-state index contributed by atoms with van der Waals surface area (Å²) in [5.41, 5.74) is 9.38. The van der Waals surface area contributed by atoms with Crippen molar-refractivity contribution in [1.29, 1.82) is 5.26 Å². The molecule has 30 heavy (non-hydrogen) atoms. The number of benzene rings is 2. The standard InChI is InChI=1S/C26H27N3O/c1-16-9-17(2)11-25(10-16)29-20(5)13-22(21(29)6)14-23(15-27)26(30)28-24-8-7-18(3)19(4)12-24/h7-14H,1-6H3,(H,28,30)/b23-14-. The van der Waals surface area contributed by atoms with Crippen molar-refractivity contribution in [2.45, 2.75) is 41.5 Å². The van der Waals surface area contributed by atoms with E-state index >= 15 is 0 Å². The van der Waals surface area contributed by atoms with Crippen molar-refractivity contribution in [3.8, 4) is 11.8 Å². The molecule has 0 aliphatic heterocycles. The maximum Gasteiger partial charge on any atom is 0.266 e. The molecule has 152 valence electrons. The number of nitriles is 1. The predicted molar refractivity (Wildman–Crippen MR) is 123 cm³/mol. The summed E-state index contributed by atoms with van der Waals surface area (Å²) in [4.78, 5) is 12.7. The second-order valence-corrected chi connectivity index (χ2v) is 7.93. The van der Waals surface area contributed by atoms with Crippen LogP contribution in [0, 0.1) is 52.9 Å². The Kier molecular flexibility index (Phi) is 5.94. The van der Waals surface area contributed by atoms with Gasteiger partial charge >= 0.3 is 0 Å². The van der Waals surface area contributed by atoms with Gasteiger partial charge < -0.3 is 9.88 Å². The van der Waals surface area contributed by atoms with Gasteiger partial charge in [0.15, 0.2) is 0 Å². The summed E-state index contributed by atoms with van der Waals surface area (Å²) >= 11 is 0. The zero-order chi connectivity index (χ0) is 22.0. The van der Waals surface area contributed by atoms with Crippen LogP contribution < -0.4 is 5.32 Å². The van der Waals surface area contributed by atoms with Crippen molar-refractivity contribution < 1.29 is 4.79 Å². The molecule has 1 heterocycles. The number of hydrogen-bond acceptors (Lipinski definition) is 2. The molecular weight excluding hydrogens is 370 g/mol. The number of amides is 1. The number of rotatable bonds is 4. The van der Waals surface area contributed by atoms with Gasteiger partial charge in [0.2, 0.25) is 0 Å². The van der Waals surface area contributed by atoms with E-state index in [2.05, 4.69) is 48.0 Å². The first kappa shape index (κ1) is 21.1. The second kappa shape index (κ2) is 8.42. The largest absolute Gasteiger partial charge is 0.321 e. The number of anilines is 1. The molecule has 0 unspecified atom stereocenters. The minimum Gasteiger partial charge on any atom is -0.321 e. The normalized spacial score (nSPS) is 11.3. The van der Waals surface area contributed by atoms with Gasteiger partial charge in [-0.3, -0.25) is 4.79 Å². The van der Waals surface area contributed by atoms with Crippen LogP contribution >= 0.6 is 0 Å². The molecule has 3 rings (SSSR count). The van der Waals surface area contributed by atoms with Crippen molar-refractivity contribution >= 4 is 17.7 Å². The predicted octanol–water partition coefficient (Wildman–Crippen LogP) is 5.87. The SMILES string of the molecule is Cc1cc(C)cc(-n2c(C)cc(/C=C(/C#N)C(=O)Nc3ccc(C)c(C)c3)c2C)c1. The highest BCUT2D eigenvalue weighted by Crippen LogP contribution is 2.25. The van der Waals surface area contributed by atoms with Gasteiger partial charge in [-0.2, -0.15) is 5.26 Å². The number of carbonyl (C=O) groups excluding carboxylic acids is 1. The molecule has 1 amide bonds. The van der Waals surface area contributed by atoms with Gasteiger partial charge in [0.05, 0.1) is 0 Å². The highest BCUT2D eigenvalue weighted by atomic mass is 16.1. The molecule has 0 saturated carbocycles. The zero-order valence-corrected chi connectivity index (χ0v) is 18.4. The molecule has 0 radical (unpaired) electrons. The lowest BCUT2D eigenvalue weighted by Gasteiger charge is -2.12. The van der Waals surface area contributed by atoms with E-state index in [1.54, 1.807) is 6.08 Å². The molecule has 0 spiro atoms. The summed E-state index contributed by atoms with van der Waals surface area (Å²) < 4.78 is 2.15. The van der Waals surface area contributed by atoms with Crippen LogP contribution in [0.5, 0.6) is 0 Å². The van der Waals surface area contributed by atoms with Gasteiger partial charge in [0, 0.05) is 22.8 Å². The summed E-state index contributed by atoms with van der Waals surface area (Å²) in [7, 11) is 0. The fraction of sp³-hybridized carbons (Fsp3) is 0.231. The van der Waals surface area contributed by atoms with E-state index < -0.39 is 5.91 Å². The van der Waals surface area contributed by atoms with E-state index in [0.29, 0.717) is 5.69 Å². The van der Waals surface area contributed by atoms with Crippen molar-refractivity contribution in [2.75, 3.05) is 5.32 Å². The van der Waals surface area contributed by atoms with Gasteiger partial charge in [-0.1, -0.05) is 12.1 Å². The fourth-order valence-corrected chi connectivity index (χ4v) is 3.73. The van der Waals surface area contributed by atoms with Crippen LogP contribution in [0.2, 0.25) is 0 Å². The molecule has 1 N–H and O–H groups in total. The molecule has 0 atom stereocenters. The Bertz CT molecular complexity index is 1190. The van der Waals surface area contributed by atoms with E-state index in [0.717, 1.165) is 33.8 Å². The lowest BCUT2D eigenvalue weighted by molar-refractivity contribution is -0.112. The Hall–Kier alpha value is -3.58. The number of nitrogens with zero attached hydrogens (tertiary/aromatic N) is 2. The van der Waals surface area contributed by atoms with Crippen molar-refractivity contribution in [3.05, 3.63) is 87.2 Å². The van der Waals surface area contributed by atoms with Crippen LogP contribution in [0.3, 0.4) is 0 Å². The molecular formula is C26H27N3O. The van der Waals surface area contributed by atoms with E-state index in [9.17, 15) is 10.1 Å². The lowest BCUT2D eigenvalue weighted by Crippen LogP contribution is -2.13. The van der Waals surface area contributed by atoms with Gasteiger partial charge in [-0.25, -0.2) is 0 Å². The summed E-state index contributed by atoms with van der Waals surface area (Å²) in [6, 6.07) is 16.2. The topological polar surface area (TPSA) is 57.8 Å². The first-order valence-electron chi connectivity index (χ1n) is 9.97. The molecule has 4 nitrogen and oxygen atoms in total. The third-order valence-electron chi connectivity index (χ3n) is 5.36. The van der Waals surface area contributed by atoms with Crippen LogP contribution in [-0.2, 0) is 4.79 Å². The average Bonchev–Trinajstić information content (AvgIpc) is 2.95. The number of aromatic nitrogens is 1. The highest BCUT2D eigenvalue weighted by Gasteiger charge is 2.14. The summed E-state index contributed by atoms with van der Waals surface area (Å²) in [6.07, 6.45) is 1.66. The van der Waals surface area contributed by atoms with Gasteiger partial charge in [0.25, 0.3) is 5.91 Å². The Morgan fingerprint density at radius 1 is 0.933 bits per heavy atom. The first-order valence-corrected chi connectivity index (χ1v) is 9.97. The third kappa shape index (κ3) is 4.36. The number of carbonyl (C=O) groups is 1. The van der Waals surface area contributed by atoms with Gasteiger partial charge in [-0.15, -0.1) is 0 Å². The molecule has 2 aromatic carbocycles. The summed E-state index contributed by atoms with van der Waals surface area (Å²) in [6.45, 7) is 12.2. The molecule has 3 aromatic rings. The maximum absolute atomic E-state index is 12.7. The smallest absolute Gasteiger partial charge is 0.266 e. The van der Waals surface area contributed by atoms with Crippen LogP contribution in [0.4, 0.5) is 5.69 Å². The van der Waals surface area contributed by atoms with E-state index in [1.165, 1.54) is 11.1 Å². The molecule has 0 saturated heterocycles. The summed E-state index contributed by atoms with van der Waals surface area (Å²) in [5, 5.41) is 12.4. The zero-order valence-electron chi connectivity index (χ0n) is 18.4. The minimum atomic E-state index is -0.406. The molecule has 0 aliphatic rings. The number of nitrogens with one attached hydrogen (secondary N) is 1. The Morgan fingerprint density at radius 2 is 1.60 bits per heavy atom. The molecule has 0 aliphatic carbocycles. The highest BCUT2D eigenvalue weighted by molar-refractivity contribution is 6.09. The Labute approximate surface area is 178 Å². The van der Waals surface area contributed by atoms with Crippen LogP contribution in [0.15, 0.2) is 48.0 Å². The third-order valence-corrected chi connectivity index (χ3v) is 5.36. The molecule has 0 fully saturated rings. The van der Waals surface area contributed by atoms with E-state index in [1.807, 2.05) is 52.0 Å². The second-order valence-electron chi connectivity index (χ2n) is 7.93. The summed E-state index contributed by atoms with van der Waals surface area (Å²) in [5.74, 6) is -0.406. The Morgan fingerprint density at radius 3 is 2.20 bits per heavy atom. The quantitative estimate of drug-likeness (QED) is 0.442. The number of aryl methyl sites for hydroxylation is 5. The average molecular weight is 398 g/mol.